The molecule has 148 valence electrons. The highest BCUT2D eigenvalue weighted by atomic mass is 32.2. The van der Waals surface area contributed by atoms with Gasteiger partial charge in [0.15, 0.2) is 15.5 Å². The van der Waals surface area contributed by atoms with E-state index in [1.807, 2.05) is 24.2 Å². The lowest BCUT2D eigenvalue weighted by atomic mass is 9.81. The van der Waals surface area contributed by atoms with Crippen molar-refractivity contribution in [2.45, 2.75) is 56.0 Å². The quantitative estimate of drug-likeness (QED) is 0.767. The molecule has 0 aromatic carbocycles. The topological polar surface area (TPSA) is 98.3 Å². The fraction of sp³-hybridized carbons (Fsp3) is 0.579. The number of amides is 1. The third-order valence-corrected chi connectivity index (χ3v) is 7.51. The van der Waals surface area contributed by atoms with Crippen LogP contribution in [0.1, 0.15) is 45.4 Å². The van der Waals surface area contributed by atoms with Gasteiger partial charge in [0.2, 0.25) is 5.91 Å². The lowest BCUT2D eigenvalue weighted by Gasteiger charge is -2.47. The highest BCUT2D eigenvalue weighted by Crippen LogP contribution is 2.45. The lowest BCUT2D eigenvalue weighted by Crippen LogP contribution is -2.51. The van der Waals surface area contributed by atoms with E-state index < -0.39 is 15.5 Å². The van der Waals surface area contributed by atoms with E-state index in [-0.39, 0.29) is 23.0 Å². The Morgan fingerprint density at radius 3 is 2.70 bits per heavy atom. The Morgan fingerprint density at radius 2 is 2.07 bits per heavy atom. The van der Waals surface area contributed by atoms with Gasteiger partial charge in [0, 0.05) is 32.3 Å². The number of hydrogen-bond donors (Lipinski definition) is 1. The predicted molar refractivity (Wildman–Crippen MR) is 103 cm³/mol. The van der Waals surface area contributed by atoms with Gasteiger partial charge >= 0.3 is 0 Å². The molecule has 1 aliphatic carbocycles. The lowest BCUT2D eigenvalue weighted by molar-refractivity contribution is -0.119. The van der Waals surface area contributed by atoms with Crippen LogP contribution in [-0.2, 0) is 20.3 Å². The van der Waals surface area contributed by atoms with Crippen molar-refractivity contribution in [2.24, 2.45) is 11.7 Å². The highest BCUT2D eigenvalue weighted by molar-refractivity contribution is 7.91. The predicted octanol–water partition coefficient (Wildman–Crippen LogP) is 2.17. The first-order valence-electron chi connectivity index (χ1n) is 9.49. The molecule has 8 heteroatoms. The summed E-state index contributed by atoms with van der Waals surface area (Å²) in [5.74, 6) is 0.0333. The SMILES string of the molecule is CCS(=O)(=O)c1cnn([C@@]2(CCC(N)=O)C(C3CCCC3)=CC=CN2C)c1. The average Bonchev–Trinajstić information content (AvgIpc) is 3.32. The number of likely N-dealkylation sites (N-methyl/N-ethyl adjacent to an activating group) is 1. The van der Waals surface area contributed by atoms with Crippen LogP contribution >= 0.6 is 0 Å². The minimum atomic E-state index is -3.36. The Kier molecular flexibility index (Phi) is 5.46. The summed E-state index contributed by atoms with van der Waals surface area (Å²) in [5, 5.41) is 4.45. The van der Waals surface area contributed by atoms with Crippen LogP contribution in [0.15, 0.2) is 41.2 Å². The van der Waals surface area contributed by atoms with Gasteiger partial charge in [-0.3, -0.25) is 4.79 Å². The molecule has 0 bridgehead atoms. The van der Waals surface area contributed by atoms with E-state index in [1.54, 1.807) is 17.8 Å². The van der Waals surface area contributed by atoms with Gasteiger partial charge < -0.3 is 10.6 Å². The summed E-state index contributed by atoms with van der Waals surface area (Å²) in [6, 6.07) is 0. The molecule has 0 radical (unpaired) electrons. The molecule has 7 nitrogen and oxygen atoms in total. The molecule has 2 N–H and O–H groups in total. The molecule has 0 unspecified atom stereocenters. The van der Waals surface area contributed by atoms with Crippen molar-refractivity contribution in [1.82, 2.24) is 14.7 Å². The molecular formula is C19H28N4O3S. The number of carbonyl (C=O) groups excluding carboxylic acids is 1. The summed E-state index contributed by atoms with van der Waals surface area (Å²) in [6.07, 6.45) is 14.2. The first-order valence-corrected chi connectivity index (χ1v) is 11.1. The highest BCUT2D eigenvalue weighted by Gasteiger charge is 2.45. The number of nitrogens with zero attached hydrogens (tertiary/aromatic N) is 3. The van der Waals surface area contributed by atoms with E-state index in [9.17, 15) is 13.2 Å². The molecule has 1 aromatic rings. The maximum absolute atomic E-state index is 12.3. The molecule has 1 aliphatic heterocycles. The average molecular weight is 393 g/mol. The Bertz CT molecular complexity index is 865. The number of aromatic nitrogens is 2. The van der Waals surface area contributed by atoms with Crippen LogP contribution in [0.4, 0.5) is 0 Å². The Morgan fingerprint density at radius 1 is 1.37 bits per heavy atom. The van der Waals surface area contributed by atoms with Gasteiger partial charge in [-0.1, -0.05) is 25.8 Å². The van der Waals surface area contributed by atoms with Gasteiger partial charge in [-0.25, -0.2) is 13.1 Å². The second kappa shape index (κ2) is 7.50. The second-order valence-electron chi connectivity index (χ2n) is 7.36. The van der Waals surface area contributed by atoms with Crippen molar-refractivity contribution >= 4 is 15.7 Å². The number of carbonyl (C=O) groups is 1. The van der Waals surface area contributed by atoms with Crippen LogP contribution in [0.3, 0.4) is 0 Å². The Labute approximate surface area is 160 Å². The molecule has 1 amide bonds. The minimum absolute atomic E-state index is 0.0219. The number of allylic oxidation sites excluding steroid dienone is 2. The van der Waals surface area contributed by atoms with Crippen LogP contribution < -0.4 is 5.73 Å². The summed E-state index contributed by atoms with van der Waals surface area (Å²) in [5.41, 5.74) is 5.92. The molecule has 1 fully saturated rings. The van der Waals surface area contributed by atoms with Gasteiger partial charge in [0.25, 0.3) is 0 Å². The molecule has 0 spiro atoms. The van der Waals surface area contributed by atoms with Crippen LogP contribution in [0.5, 0.6) is 0 Å². The molecule has 1 saturated carbocycles. The van der Waals surface area contributed by atoms with Crippen molar-refractivity contribution in [3.8, 4) is 0 Å². The van der Waals surface area contributed by atoms with Gasteiger partial charge in [0.05, 0.1) is 11.9 Å². The van der Waals surface area contributed by atoms with E-state index in [4.69, 9.17) is 5.73 Å². The monoisotopic (exact) mass is 392 g/mol. The van der Waals surface area contributed by atoms with Crippen LogP contribution in [0.2, 0.25) is 0 Å². The van der Waals surface area contributed by atoms with Crippen molar-refractivity contribution in [3.05, 3.63) is 36.3 Å². The number of rotatable bonds is 7. The van der Waals surface area contributed by atoms with Crippen LogP contribution in [0.25, 0.3) is 0 Å². The summed E-state index contributed by atoms with van der Waals surface area (Å²) >= 11 is 0. The molecule has 27 heavy (non-hydrogen) atoms. The third-order valence-electron chi connectivity index (χ3n) is 5.82. The maximum atomic E-state index is 12.3. The maximum Gasteiger partial charge on any atom is 0.217 e. The zero-order chi connectivity index (χ0) is 19.7. The van der Waals surface area contributed by atoms with Gasteiger partial charge in [-0.15, -0.1) is 0 Å². The Hall–Kier alpha value is -2.09. The van der Waals surface area contributed by atoms with Crippen molar-refractivity contribution in [2.75, 3.05) is 12.8 Å². The zero-order valence-electron chi connectivity index (χ0n) is 16.0. The number of sulfone groups is 1. The molecule has 1 atom stereocenters. The smallest absolute Gasteiger partial charge is 0.217 e. The van der Waals surface area contributed by atoms with E-state index in [0.717, 1.165) is 12.8 Å². The van der Waals surface area contributed by atoms with Gasteiger partial charge in [-0.05, 0) is 30.4 Å². The van der Waals surface area contributed by atoms with E-state index in [1.165, 1.54) is 24.6 Å². The third kappa shape index (κ3) is 3.54. The summed E-state index contributed by atoms with van der Waals surface area (Å²) in [4.78, 5) is 13.8. The van der Waals surface area contributed by atoms with E-state index in [2.05, 4.69) is 11.2 Å². The van der Waals surface area contributed by atoms with E-state index >= 15 is 0 Å². The molecule has 3 rings (SSSR count). The zero-order valence-corrected chi connectivity index (χ0v) is 16.8. The second-order valence-corrected chi connectivity index (χ2v) is 9.64. The van der Waals surface area contributed by atoms with Gasteiger partial charge in [0.1, 0.15) is 4.90 Å². The van der Waals surface area contributed by atoms with Crippen LogP contribution in [-0.4, -0.2) is 41.8 Å². The van der Waals surface area contributed by atoms with Crippen molar-refractivity contribution in [3.63, 3.8) is 0 Å². The fourth-order valence-electron chi connectivity index (χ4n) is 4.30. The summed E-state index contributed by atoms with van der Waals surface area (Å²) in [6.45, 7) is 1.62. The molecular weight excluding hydrogens is 364 g/mol. The summed E-state index contributed by atoms with van der Waals surface area (Å²) in [7, 11) is -1.42. The standard InChI is InChI=1S/C19H28N4O3S/c1-3-27(25,26)16-13-21-23(14-16)19(11-10-18(20)24)17(9-6-12-22(19)2)15-7-4-5-8-15/h6,9,12-15H,3-5,7-8,10-11H2,1-2H3,(H2,20,24)/t19-/m0/s1. The Balaban J connectivity index is 2.12. The molecule has 1 aromatic heterocycles. The summed E-state index contributed by atoms with van der Waals surface area (Å²) < 4.78 is 26.3. The van der Waals surface area contributed by atoms with Crippen LogP contribution in [0, 0.1) is 5.92 Å². The fourth-order valence-corrected chi connectivity index (χ4v) is 5.10. The first kappa shape index (κ1) is 19.7. The van der Waals surface area contributed by atoms with E-state index in [0.29, 0.717) is 12.3 Å². The molecule has 2 heterocycles. The van der Waals surface area contributed by atoms with Gasteiger partial charge in [-0.2, -0.15) is 5.10 Å². The number of primary amides is 1. The first-order chi connectivity index (χ1) is 12.8. The molecule has 2 aliphatic rings. The number of nitrogens with two attached hydrogens (primary N) is 1. The van der Waals surface area contributed by atoms with Crippen molar-refractivity contribution in [1.29, 1.82) is 0 Å². The molecule has 0 saturated heterocycles. The van der Waals surface area contributed by atoms with Crippen molar-refractivity contribution < 1.29 is 13.2 Å². The largest absolute Gasteiger partial charge is 0.370 e. The minimum Gasteiger partial charge on any atom is -0.370 e. The number of hydrogen-bond acceptors (Lipinski definition) is 5. The normalized spacial score (nSPS) is 23.6.